The van der Waals surface area contributed by atoms with E-state index in [2.05, 4.69) is 5.32 Å². The van der Waals surface area contributed by atoms with Crippen LogP contribution in [0.1, 0.15) is 34.5 Å². The van der Waals surface area contributed by atoms with Gasteiger partial charge in [-0.3, -0.25) is 4.79 Å². The summed E-state index contributed by atoms with van der Waals surface area (Å²) in [4.78, 5) is 12.3. The zero-order chi connectivity index (χ0) is 14.7. The van der Waals surface area contributed by atoms with Gasteiger partial charge in [0.25, 0.3) is 5.91 Å². The Bertz CT molecular complexity index is 623. The second-order valence-corrected chi connectivity index (χ2v) is 5.20. The molecule has 0 aliphatic carbocycles. The summed E-state index contributed by atoms with van der Waals surface area (Å²) in [7, 11) is 0. The van der Waals surface area contributed by atoms with Crippen LogP contribution in [0.4, 0.5) is 5.69 Å². The highest BCUT2D eigenvalue weighted by Crippen LogP contribution is 2.19. The number of benzene rings is 2. The van der Waals surface area contributed by atoms with Crippen molar-refractivity contribution in [2.75, 3.05) is 5.73 Å². The molecule has 0 bridgehead atoms. The maximum absolute atomic E-state index is 12.3. The molecule has 1 unspecified atom stereocenters. The maximum atomic E-state index is 12.3. The van der Waals surface area contributed by atoms with Crippen molar-refractivity contribution in [2.24, 2.45) is 0 Å². The lowest BCUT2D eigenvalue weighted by Gasteiger charge is -2.16. The summed E-state index contributed by atoms with van der Waals surface area (Å²) in [6.07, 6.45) is 0. The Morgan fingerprint density at radius 1 is 1.20 bits per heavy atom. The van der Waals surface area contributed by atoms with Crippen LogP contribution in [0.2, 0.25) is 5.02 Å². The molecule has 2 aromatic carbocycles. The first-order chi connectivity index (χ1) is 9.49. The first-order valence-corrected chi connectivity index (χ1v) is 6.78. The fourth-order valence-electron chi connectivity index (χ4n) is 2.01. The normalized spacial score (nSPS) is 11.9. The standard InChI is InChI=1S/C16H17ClN2O/c1-10-14(4-3-5-15(10)18)16(20)19-11(2)12-6-8-13(17)9-7-12/h3-9,11H,18H2,1-2H3,(H,19,20). The van der Waals surface area contributed by atoms with Crippen LogP contribution in [0, 0.1) is 6.92 Å². The van der Waals surface area contributed by atoms with Crippen LogP contribution >= 0.6 is 11.6 Å². The van der Waals surface area contributed by atoms with Crippen molar-refractivity contribution in [3.8, 4) is 0 Å². The van der Waals surface area contributed by atoms with Crippen LogP contribution in [0.25, 0.3) is 0 Å². The number of carbonyl (C=O) groups is 1. The first-order valence-electron chi connectivity index (χ1n) is 6.40. The number of nitrogens with two attached hydrogens (primary N) is 1. The first kappa shape index (κ1) is 14.4. The summed E-state index contributed by atoms with van der Waals surface area (Å²) in [5, 5.41) is 3.64. The van der Waals surface area contributed by atoms with Gasteiger partial charge in [-0.1, -0.05) is 29.8 Å². The predicted molar refractivity (Wildman–Crippen MR) is 82.9 cm³/mol. The molecule has 4 heteroatoms. The molecule has 1 atom stereocenters. The topological polar surface area (TPSA) is 55.1 Å². The number of amides is 1. The van der Waals surface area contributed by atoms with Gasteiger partial charge < -0.3 is 11.1 Å². The average molecular weight is 289 g/mol. The zero-order valence-corrected chi connectivity index (χ0v) is 12.2. The zero-order valence-electron chi connectivity index (χ0n) is 11.5. The van der Waals surface area contributed by atoms with Crippen LogP contribution in [-0.2, 0) is 0 Å². The van der Waals surface area contributed by atoms with Gasteiger partial charge in [-0.2, -0.15) is 0 Å². The molecule has 0 fully saturated rings. The molecule has 0 radical (unpaired) electrons. The highest BCUT2D eigenvalue weighted by Gasteiger charge is 2.14. The van der Waals surface area contributed by atoms with E-state index in [-0.39, 0.29) is 11.9 Å². The van der Waals surface area contributed by atoms with Gasteiger partial charge in [-0.25, -0.2) is 0 Å². The number of halogens is 1. The molecule has 0 aromatic heterocycles. The predicted octanol–water partition coefficient (Wildman–Crippen LogP) is 3.72. The van der Waals surface area contributed by atoms with Crippen LogP contribution in [-0.4, -0.2) is 5.91 Å². The minimum atomic E-state index is -0.128. The van der Waals surface area contributed by atoms with Gasteiger partial charge in [0.1, 0.15) is 0 Å². The minimum Gasteiger partial charge on any atom is -0.398 e. The lowest BCUT2D eigenvalue weighted by Crippen LogP contribution is -2.27. The van der Waals surface area contributed by atoms with Crippen molar-refractivity contribution in [3.05, 3.63) is 64.2 Å². The number of rotatable bonds is 3. The number of hydrogen-bond acceptors (Lipinski definition) is 2. The van der Waals surface area contributed by atoms with Crippen molar-refractivity contribution < 1.29 is 4.79 Å². The molecule has 0 saturated carbocycles. The molecule has 2 aromatic rings. The molecular formula is C16H17ClN2O. The number of hydrogen-bond donors (Lipinski definition) is 2. The average Bonchev–Trinajstić information content (AvgIpc) is 2.42. The Labute approximate surface area is 123 Å². The van der Waals surface area contributed by atoms with Gasteiger partial charge >= 0.3 is 0 Å². The Hall–Kier alpha value is -2.00. The fourth-order valence-corrected chi connectivity index (χ4v) is 2.13. The van der Waals surface area contributed by atoms with Crippen molar-refractivity contribution in [1.29, 1.82) is 0 Å². The number of nitrogens with one attached hydrogen (secondary N) is 1. The van der Waals surface area contributed by atoms with Crippen molar-refractivity contribution in [1.82, 2.24) is 5.32 Å². The van der Waals surface area contributed by atoms with Crippen molar-refractivity contribution >= 4 is 23.2 Å². The van der Waals surface area contributed by atoms with Gasteiger partial charge in [-0.05, 0) is 49.2 Å². The Morgan fingerprint density at radius 2 is 1.85 bits per heavy atom. The summed E-state index contributed by atoms with van der Waals surface area (Å²) in [5.74, 6) is -0.128. The van der Waals surface area contributed by atoms with E-state index in [9.17, 15) is 4.79 Å². The van der Waals surface area contributed by atoms with Crippen molar-refractivity contribution in [3.63, 3.8) is 0 Å². The van der Waals surface area contributed by atoms with E-state index in [1.54, 1.807) is 18.2 Å². The molecule has 2 rings (SSSR count). The van der Waals surface area contributed by atoms with Gasteiger partial charge in [0, 0.05) is 16.3 Å². The van der Waals surface area contributed by atoms with E-state index in [0.29, 0.717) is 16.3 Å². The molecule has 3 N–H and O–H groups in total. The fraction of sp³-hybridized carbons (Fsp3) is 0.188. The van der Waals surface area contributed by atoms with Gasteiger partial charge in [0.15, 0.2) is 0 Å². The molecule has 1 amide bonds. The second-order valence-electron chi connectivity index (χ2n) is 4.77. The lowest BCUT2D eigenvalue weighted by molar-refractivity contribution is 0.0939. The number of anilines is 1. The van der Waals surface area contributed by atoms with E-state index < -0.39 is 0 Å². The maximum Gasteiger partial charge on any atom is 0.252 e. The largest absolute Gasteiger partial charge is 0.398 e. The molecule has 0 spiro atoms. The molecule has 3 nitrogen and oxygen atoms in total. The van der Waals surface area contributed by atoms with Crippen LogP contribution in [0.5, 0.6) is 0 Å². The molecule has 0 saturated heterocycles. The molecule has 0 heterocycles. The molecule has 104 valence electrons. The highest BCUT2D eigenvalue weighted by molar-refractivity contribution is 6.30. The van der Waals surface area contributed by atoms with E-state index in [0.717, 1.165) is 11.1 Å². The van der Waals surface area contributed by atoms with Crippen molar-refractivity contribution in [2.45, 2.75) is 19.9 Å². The second kappa shape index (κ2) is 5.97. The summed E-state index contributed by atoms with van der Waals surface area (Å²) in [6.45, 7) is 3.78. The van der Waals surface area contributed by atoms with E-state index >= 15 is 0 Å². The quantitative estimate of drug-likeness (QED) is 0.846. The molecule has 0 aliphatic heterocycles. The van der Waals surface area contributed by atoms with Crippen LogP contribution in [0.3, 0.4) is 0 Å². The third kappa shape index (κ3) is 3.11. The monoisotopic (exact) mass is 288 g/mol. The van der Waals surface area contributed by atoms with Crippen LogP contribution in [0.15, 0.2) is 42.5 Å². The van der Waals surface area contributed by atoms with E-state index in [4.69, 9.17) is 17.3 Å². The van der Waals surface area contributed by atoms with Crippen LogP contribution < -0.4 is 11.1 Å². The third-order valence-corrected chi connectivity index (χ3v) is 3.59. The highest BCUT2D eigenvalue weighted by atomic mass is 35.5. The Morgan fingerprint density at radius 3 is 2.50 bits per heavy atom. The number of nitrogen functional groups attached to an aromatic ring is 1. The number of carbonyl (C=O) groups excluding carboxylic acids is 1. The smallest absolute Gasteiger partial charge is 0.252 e. The summed E-state index contributed by atoms with van der Waals surface area (Å²) in [6, 6.07) is 12.7. The van der Waals surface area contributed by atoms with E-state index in [1.807, 2.05) is 38.1 Å². The van der Waals surface area contributed by atoms with Gasteiger partial charge in [0.05, 0.1) is 6.04 Å². The van der Waals surface area contributed by atoms with Gasteiger partial charge in [-0.15, -0.1) is 0 Å². The Kier molecular flexibility index (Phi) is 4.30. The van der Waals surface area contributed by atoms with Gasteiger partial charge in [0.2, 0.25) is 0 Å². The summed E-state index contributed by atoms with van der Waals surface area (Å²) >= 11 is 5.85. The minimum absolute atomic E-state index is 0.0967. The Balaban J connectivity index is 2.15. The third-order valence-electron chi connectivity index (χ3n) is 3.34. The molecule has 0 aliphatic rings. The lowest BCUT2D eigenvalue weighted by atomic mass is 10.0. The summed E-state index contributed by atoms with van der Waals surface area (Å²) < 4.78 is 0. The molecular weight excluding hydrogens is 272 g/mol. The summed E-state index contributed by atoms with van der Waals surface area (Å²) in [5.41, 5.74) is 8.85. The SMILES string of the molecule is Cc1c(N)cccc1C(=O)NC(C)c1ccc(Cl)cc1. The molecule has 20 heavy (non-hydrogen) atoms. The van der Waals surface area contributed by atoms with E-state index in [1.165, 1.54) is 0 Å².